The van der Waals surface area contributed by atoms with Gasteiger partial charge in [-0.25, -0.2) is 4.79 Å². The number of nitrogens with zero attached hydrogens (tertiary/aromatic N) is 1. The van der Waals surface area contributed by atoms with Gasteiger partial charge in [0.1, 0.15) is 5.69 Å². The Bertz CT molecular complexity index is 932. The highest BCUT2D eigenvalue weighted by Gasteiger charge is 2.18. The van der Waals surface area contributed by atoms with Gasteiger partial charge in [-0.3, -0.25) is 9.69 Å². The summed E-state index contributed by atoms with van der Waals surface area (Å²) in [5.74, 6) is -1.12. The Balaban J connectivity index is 1.98. The number of hydrogen-bond acceptors (Lipinski definition) is 3. The van der Waals surface area contributed by atoms with Gasteiger partial charge in [-0.15, -0.1) is 0 Å². The molecule has 0 aliphatic carbocycles. The average molecular weight is 322 g/mol. The normalized spacial score (nSPS) is 11.1. The minimum absolute atomic E-state index is 0.0430. The number of pyridine rings is 1. The summed E-state index contributed by atoms with van der Waals surface area (Å²) >= 11 is 0. The smallest absolute Gasteiger partial charge is 0.352 e. The Hall–Kier alpha value is -2.92. The maximum Gasteiger partial charge on any atom is 0.352 e. The highest BCUT2D eigenvalue weighted by Crippen LogP contribution is 2.14. The van der Waals surface area contributed by atoms with Crippen molar-refractivity contribution >= 4 is 16.9 Å². The van der Waals surface area contributed by atoms with Gasteiger partial charge < -0.3 is 10.1 Å². The molecule has 1 aromatic heterocycles. The third kappa shape index (κ3) is 3.21. The number of nitrogens with one attached hydrogen (secondary N) is 1. The molecule has 0 fully saturated rings. The molecule has 2 aromatic carbocycles. The zero-order valence-corrected chi connectivity index (χ0v) is 13.3. The highest BCUT2D eigenvalue weighted by atomic mass is 16.4. The van der Waals surface area contributed by atoms with E-state index in [9.17, 15) is 14.7 Å². The van der Waals surface area contributed by atoms with Crippen LogP contribution in [0.1, 0.15) is 21.6 Å². The van der Waals surface area contributed by atoms with Gasteiger partial charge in [0, 0.05) is 29.6 Å². The molecule has 0 unspecified atom stereocenters. The molecule has 0 spiro atoms. The number of H-pyrrole nitrogens is 1. The molecule has 3 aromatic rings. The van der Waals surface area contributed by atoms with Crippen molar-refractivity contribution in [1.29, 1.82) is 0 Å². The van der Waals surface area contributed by atoms with Gasteiger partial charge in [-0.1, -0.05) is 42.5 Å². The van der Waals surface area contributed by atoms with E-state index in [4.69, 9.17) is 0 Å². The van der Waals surface area contributed by atoms with E-state index < -0.39 is 5.97 Å². The molecule has 0 radical (unpaired) electrons. The molecular formula is C19H18N2O3. The fourth-order valence-electron chi connectivity index (χ4n) is 2.83. The fourth-order valence-corrected chi connectivity index (χ4v) is 2.83. The van der Waals surface area contributed by atoms with Crippen LogP contribution in [-0.4, -0.2) is 28.0 Å². The van der Waals surface area contributed by atoms with Gasteiger partial charge in [-0.05, 0) is 24.7 Å². The van der Waals surface area contributed by atoms with E-state index in [0.29, 0.717) is 17.4 Å². The Morgan fingerprint density at radius 2 is 1.71 bits per heavy atom. The van der Waals surface area contributed by atoms with Crippen LogP contribution in [0.4, 0.5) is 0 Å². The van der Waals surface area contributed by atoms with Crippen LogP contribution in [0.25, 0.3) is 10.9 Å². The van der Waals surface area contributed by atoms with Gasteiger partial charge in [0.15, 0.2) is 5.43 Å². The largest absolute Gasteiger partial charge is 0.477 e. The highest BCUT2D eigenvalue weighted by molar-refractivity contribution is 5.91. The van der Waals surface area contributed by atoms with Gasteiger partial charge in [-0.2, -0.15) is 0 Å². The van der Waals surface area contributed by atoms with Gasteiger partial charge in [0.2, 0.25) is 0 Å². The number of aromatic nitrogens is 1. The van der Waals surface area contributed by atoms with Crippen molar-refractivity contribution in [2.24, 2.45) is 0 Å². The SMILES string of the molecule is CN(Cc1ccccc1)Cc1c(C(=O)O)[nH]c2ccccc2c1=O. The lowest BCUT2D eigenvalue weighted by molar-refractivity contribution is 0.0688. The molecule has 3 rings (SSSR count). The first-order chi connectivity index (χ1) is 11.6. The lowest BCUT2D eigenvalue weighted by Gasteiger charge is -2.18. The number of aromatic carboxylic acids is 1. The number of rotatable bonds is 5. The predicted octanol–water partition coefficient (Wildman–Crippen LogP) is 2.86. The molecule has 1 heterocycles. The lowest BCUT2D eigenvalue weighted by Crippen LogP contribution is -2.26. The molecule has 0 atom stereocenters. The van der Waals surface area contributed by atoms with E-state index in [1.54, 1.807) is 24.3 Å². The van der Waals surface area contributed by atoms with E-state index in [-0.39, 0.29) is 23.2 Å². The van der Waals surface area contributed by atoms with Gasteiger partial charge in [0.25, 0.3) is 0 Å². The number of fused-ring (bicyclic) bond motifs is 1. The summed E-state index contributed by atoms with van der Waals surface area (Å²) in [5.41, 5.74) is 1.64. The number of aromatic amines is 1. The summed E-state index contributed by atoms with van der Waals surface area (Å²) in [5, 5.41) is 9.97. The van der Waals surface area contributed by atoms with Gasteiger partial charge in [0.05, 0.1) is 0 Å². The van der Waals surface area contributed by atoms with Crippen molar-refractivity contribution in [2.45, 2.75) is 13.1 Å². The second-order valence-corrected chi connectivity index (χ2v) is 5.82. The minimum atomic E-state index is -1.12. The van der Waals surface area contributed by atoms with Crippen LogP contribution >= 0.6 is 0 Å². The summed E-state index contributed by atoms with van der Waals surface area (Å²) in [6, 6.07) is 16.8. The number of carboxylic acid groups (broad SMARTS) is 1. The Morgan fingerprint density at radius 1 is 1.04 bits per heavy atom. The Kier molecular flexibility index (Phi) is 4.44. The van der Waals surface area contributed by atoms with Crippen LogP contribution in [-0.2, 0) is 13.1 Å². The topological polar surface area (TPSA) is 73.4 Å². The first-order valence-corrected chi connectivity index (χ1v) is 7.66. The predicted molar refractivity (Wildman–Crippen MR) is 93.1 cm³/mol. The molecule has 5 nitrogen and oxygen atoms in total. The third-order valence-electron chi connectivity index (χ3n) is 3.94. The number of carboxylic acids is 1. The second kappa shape index (κ2) is 6.68. The van der Waals surface area contributed by atoms with E-state index in [0.717, 1.165) is 5.56 Å². The summed E-state index contributed by atoms with van der Waals surface area (Å²) < 4.78 is 0. The lowest BCUT2D eigenvalue weighted by atomic mass is 10.1. The van der Waals surface area contributed by atoms with E-state index in [2.05, 4.69) is 4.98 Å². The van der Waals surface area contributed by atoms with E-state index in [1.807, 2.05) is 42.3 Å². The zero-order chi connectivity index (χ0) is 17.1. The molecule has 0 saturated carbocycles. The second-order valence-electron chi connectivity index (χ2n) is 5.82. The van der Waals surface area contributed by atoms with Crippen LogP contribution in [0.2, 0.25) is 0 Å². The fraction of sp³-hybridized carbons (Fsp3) is 0.158. The standard InChI is InChI=1S/C19H18N2O3/c1-21(11-13-7-3-2-4-8-13)12-15-17(19(23)24)20-16-10-6-5-9-14(16)18(15)22/h2-10H,11-12H2,1H3,(H,20,22)(H,23,24). The average Bonchev–Trinajstić information content (AvgIpc) is 2.58. The molecule has 0 saturated heterocycles. The molecule has 24 heavy (non-hydrogen) atoms. The number of carbonyl (C=O) groups is 1. The maximum atomic E-state index is 12.7. The van der Waals surface area contributed by atoms with Crippen LogP contribution in [0.5, 0.6) is 0 Å². The van der Waals surface area contributed by atoms with Crippen LogP contribution in [0.15, 0.2) is 59.4 Å². The van der Waals surface area contributed by atoms with Crippen molar-refractivity contribution in [3.8, 4) is 0 Å². The quantitative estimate of drug-likeness (QED) is 0.757. The summed E-state index contributed by atoms with van der Waals surface area (Å²) in [6.07, 6.45) is 0. The van der Waals surface area contributed by atoms with Crippen LogP contribution < -0.4 is 5.43 Å². The van der Waals surface area contributed by atoms with Crippen molar-refractivity contribution in [3.63, 3.8) is 0 Å². The van der Waals surface area contributed by atoms with Crippen LogP contribution in [0, 0.1) is 0 Å². The van der Waals surface area contributed by atoms with Crippen LogP contribution in [0.3, 0.4) is 0 Å². The molecule has 122 valence electrons. The summed E-state index contributed by atoms with van der Waals surface area (Å²) in [7, 11) is 1.87. The molecule has 0 aliphatic heterocycles. The molecular weight excluding hydrogens is 304 g/mol. The summed E-state index contributed by atoms with van der Waals surface area (Å²) in [4.78, 5) is 29.1. The molecule has 5 heteroatoms. The molecule has 0 aliphatic rings. The number of hydrogen-bond donors (Lipinski definition) is 2. The zero-order valence-electron chi connectivity index (χ0n) is 13.3. The number of para-hydroxylation sites is 1. The molecule has 0 amide bonds. The first kappa shape index (κ1) is 16.0. The van der Waals surface area contributed by atoms with E-state index in [1.165, 1.54) is 0 Å². The third-order valence-corrected chi connectivity index (χ3v) is 3.94. The van der Waals surface area contributed by atoms with Crippen molar-refractivity contribution in [2.75, 3.05) is 7.05 Å². The van der Waals surface area contributed by atoms with E-state index >= 15 is 0 Å². The van der Waals surface area contributed by atoms with Crippen molar-refractivity contribution < 1.29 is 9.90 Å². The first-order valence-electron chi connectivity index (χ1n) is 7.66. The monoisotopic (exact) mass is 322 g/mol. The van der Waals surface area contributed by atoms with Crippen molar-refractivity contribution in [3.05, 3.63) is 81.6 Å². The minimum Gasteiger partial charge on any atom is -0.477 e. The Morgan fingerprint density at radius 3 is 2.42 bits per heavy atom. The number of benzene rings is 2. The Labute approximate surface area is 139 Å². The molecule has 2 N–H and O–H groups in total. The molecule has 0 bridgehead atoms. The maximum absolute atomic E-state index is 12.7. The summed E-state index contributed by atoms with van der Waals surface area (Å²) in [6.45, 7) is 0.892. The van der Waals surface area contributed by atoms with Gasteiger partial charge >= 0.3 is 5.97 Å². The van der Waals surface area contributed by atoms with Crippen molar-refractivity contribution in [1.82, 2.24) is 9.88 Å².